The van der Waals surface area contributed by atoms with Gasteiger partial charge in [-0.3, -0.25) is 4.72 Å². The number of aryl methyl sites for hydroxylation is 2. The quantitative estimate of drug-likeness (QED) is 0.795. The lowest BCUT2D eigenvalue weighted by atomic mass is 10.1. The summed E-state index contributed by atoms with van der Waals surface area (Å²) in [5.74, 6) is 1.37. The van der Waals surface area contributed by atoms with Gasteiger partial charge in [-0.25, -0.2) is 13.4 Å². The van der Waals surface area contributed by atoms with Crippen LogP contribution in [-0.2, 0) is 10.0 Å². The summed E-state index contributed by atoms with van der Waals surface area (Å²) in [4.78, 5) is 4.54. The Kier molecular flexibility index (Phi) is 5.83. The van der Waals surface area contributed by atoms with Crippen molar-refractivity contribution in [1.29, 1.82) is 0 Å². The van der Waals surface area contributed by atoms with Gasteiger partial charge in [-0.15, -0.1) is 0 Å². The van der Waals surface area contributed by atoms with Crippen LogP contribution in [0.1, 0.15) is 31.4 Å². The van der Waals surface area contributed by atoms with Gasteiger partial charge < -0.3 is 5.32 Å². The monoisotopic (exact) mass is 347 g/mol. The number of pyridine rings is 1. The third-order valence-electron chi connectivity index (χ3n) is 3.66. The van der Waals surface area contributed by atoms with E-state index in [0.717, 1.165) is 29.9 Å². The highest BCUT2D eigenvalue weighted by Gasteiger charge is 2.17. The van der Waals surface area contributed by atoms with Gasteiger partial charge >= 0.3 is 0 Å². The van der Waals surface area contributed by atoms with Gasteiger partial charge in [0.15, 0.2) is 0 Å². The van der Waals surface area contributed by atoms with Crippen molar-refractivity contribution in [2.75, 3.05) is 16.6 Å². The number of hydrogen-bond acceptors (Lipinski definition) is 4. The van der Waals surface area contributed by atoms with Crippen LogP contribution >= 0.6 is 0 Å². The van der Waals surface area contributed by atoms with E-state index >= 15 is 0 Å². The average Bonchev–Trinajstić information content (AvgIpc) is 2.48. The first kappa shape index (κ1) is 18.3. The summed E-state index contributed by atoms with van der Waals surface area (Å²) in [6.07, 6.45) is 2.58. The second-order valence-electron chi connectivity index (χ2n) is 6.42. The van der Waals surface area contributed by atoms with Crippen molar-refractivity contribution in [3.63, 3.8) is 0 Å². The number of nitrogens with one attached hydrogen (secondary N) is 2. The summed E-state index contributed by atoms with van der Waals surface area (Å²) in [5, 5.41) is 3.22. The zero-order chi connectivity index (χ0) is 17.7. The molecule has 0 bridgehead atoms. The van der Waals surface area contributed by atoms with Crippen molar-refractivity contribution < 1.29 is 8.42 Å². The van der Waals surface area contributed by atoms with Gasteiger partial charge in [-0.1, -0.05) is 31.5 Å². The fraction of sp³-hybridized carbons (Fsp3) is 0.389. The average molecular weight is 347 g/mol. The first-order valence-corrected chi connectivity index (χ1v) is 9.56. The Morgan fingerprint density at radius 2 is 1.88 bits per heavy atom. The SMILES string of the molecule is Cc1ccc(S(=O)(=O)Nc2ccc(NCCC(C)C)nc2)c(C)c1. The number of nitrogens with zero attached hydrogens (tertiary/aromatic N) is 1. The van der Waals surface area contributed by atoms with E-state index in [1.54, 1.807) is 31.2 Å². The highest BCUT2D eigenvalue weighted by atomic mass is 32.2. The van der Waals surface area contributed by atoms with Crippen LogP contribution in [-0.4, -0.2) is 19.9 Å². The zero-order valence-electron chi connectivity index (χ0n) is 14.6. The maximum absolute atomic E-state index is 12.5. The van der Waals surface area contributed by atoms with Crippen LogP contribution in [0, 0.1) is 19.8 Å². The first-order chi connectivity index (χ1) is 11.3. The fourth-order valence-electron chi connectivity index (χ4n) is 2.36. The molecule has 2 aromatic rings. The molecule has 1 aromatic carbocycles. The number of rotatable bonds is 7. The predicted octanol–water partition coefficient (Wildman–Crippen LogP) is 3.96. The van der Waals surface area contributed by atoms with Gasteiger partial charge in [0, 0.05) is 6.54 Å². The van der Waals surface area contributed by atoms with Crippen molar-refractivity contribution in [2.24, 2.45) is 5.92 Å². The lowest BCUT2D eigenvalue weighted by molar-refractivity contribution is 0.600. The van der Waals surface area contributed by atoms with Crippen LogP contribution in [0.15, 0.2) is 41.4 Å². The predicted molar refractivity (Wildman–Crippen MR) is 98.9 cm³/mol. The Hall–Kier alpha value is -2.08. The molecule has 130 valence electrons. The Bertz CT molecular complexity index is 784. The molecule has 0 aliphatic rings. The molecule has 2 rings (SSSR count). The van der Waals surface area contributed by atoms with Crippen LogP contribution in [0.25, 0.3) is 0 Å². The van der Waals surface area contributed by atoms with Crippen LogP contribution in [0.5, 0.6) is 0 Å². The van der Waals surface area contributed by atoms with E-state index in [1.807, 2.05) is 13.0 Å². The Morgan fingerprint density at radius 3 is 2.46 bits per heavy atom. The number of benzene rings is 1. The van der Waals surface area contributed by atoms with Gasteiger partial charge in [-0.05, 0) is 49.9 Å². The minimum atomic E-state index is -3.61. The Labute approximate surface area is 144 Å². The summed E-state index contributed by atoms with van der Waals surface area (Å²) in [6.45, 7) is 8.91. The smallest absolute Gasteiger partial charge is 0.262 e. The van der Waals surface area contributed by atoms with E-state index < -0.39 is 10.0 Å². The van der Waals surface area contributed by atoms with Gasteiger partial charge in [-0.2, -0.15) is 0 Å². The minimum absolute atomic E-state index is 0.284. The molecule has 0 aliphatic carbocycles. The number of anilines is 2. The van der Waals surface area contributed by atoms with Crippen molar-refractivity contribution in [1.82, 2.24) is 4.98 Å². The molecule has 0 radical (unpaired) electrons. The van der Waals surface area contributed by atoms with Crippen molar-refractivity contribution >= 4 is 21.5 Å². The lowest BCUT2D eigenvalue weighted by Gasteiger charge is -2.12. The summed E-state index contributed by atoms with van der Waals surface area (Å²) in [6, 6.07) is 8.77. The highest BCUT2D eigenvalue weighted by Crippen LogP contribution is 2.20. The zero-order valence-corrected chi connectivity index (χ0v) is 15.4. The molecule has 0 atom stereocenters. The molecule has 0 amide bonds. The van der Waals surface area contributed by atoms with E-state index in [2.05, 4.69) is 28.9 Å². The van der Waals surface area contributed by atoms with Crippen molar-refractivity contribution in [3.8, 4) is 0 Å². The molecule has 0 fully saturated rings. The summed E-state index contributed by atoms with van der Waals surface area (Å²) in [5.41, 5.74) is 2.21. The molecular formula is C18H25N3O2S. The summed E-state index contributed by atoms with van der Waals surface area (Å²) in [7, 11) is -3.61. The number of hydrogen-bond donors (Lipinski definition) is 2. The van der Waals surface area contributed by atoms with Crippen LogP contribution in [0.2, 0.25) is 0 Å². The maximum Gasteiger partial charge on any atom is 0.262 e. The molecule has 24 heavy (non-hydrogen) atoms. The second-order valence-corrected chi connectivity index (χ2v) is 8.07. The third kappa shape index (κ3) is 4.96. The molecule has 2 N–H and O–H groups in total. The maximum atomic E-state index is 12.5. The van der Waals surface area contributed by atoms with Gasteiger partial charge in [0.25, 0.3) is 10.0 Å². The van der Waals surface area contributed by atoms with Gasteiger partial charge in [0.1, 0.15) is 5.82 Å². The molecule has 0 saturated carbocycles. The first-order valence-electron chi connectivity index (χ1n) is 8.08. The normalized spacial score (nSPS) is 11.5. The molecule has 0 aliphatic heterocycles. The molecule has 0 saturated heterocycles. The van der Waals surface area contributed by atoms with Crippen molar-refractivity contribution in [3.05, 3.63) is 47.7 Å². The molecule has 0 spiro atoms. The Balaban J connectivity index is 2.07. The molecule has 1 aromatic heterocycles. The topological polar surface area (TPSA) is 71.1 Å². The van der Waals surface area contributed by atoms with E-state index in [4.69, 9.17) is 0 Å². The molecule has 0 unspecified atom stereocenters. The fourth-order valence-corrected chi connectivity index (χ4v) is 3.63. The lowest BCUT2D eigenvalue weighted by Crippen LogP contribution is -2.14. The third-order valence-corrected chi connectivity index (χ3v) is 5.20. The largest absolute Gasteiger partial charge is 0.370 e. The van der Waals surface area contributed by atoms with Gasteiger partial charge in [0.05, 0.1) is 16.8 Å². The van der Waals surface area contributed by atoms with Gasteiger partial charge in [0.2, 0.25) is 0 Å². The molecular weight excluding hydrogens is 322 g/mol. The van der Waals surface area contributed by atoms with Crippen LogP contribution < -0.4 is 10.0 Å². The number of aromatic nitrogens is 1. The standard InChI is InChI=1S/C18H25N3O2S/c1-13(2)9-10-19-18-8-6-16(12-20-18)21-24(22,23)17-7-5-14(3)11-15(17)4/h5-8,11-13,21H,9-10H2,1-4H3,(H,19,20). The van der Waals surface area contributed by atoms with Crippen molar-refractivity contribution in [2.45, 2.75) is 39.0 Å². The molecule has 1 heterocycles. The number of sulfonamides is 1. The molecule has 6 heteroatoms. The highest BCUT2D eigenvalue weighted by molar-refractivity contribution is 7.92. The van der Waals surface area contributed by atoms with E-state index in [-0.39, 0.29) is 4.90 Å². The summed E-state index contributed by atoms with van der Waals surface area (Å²) < 4.78 is 27.6. The second kappa shape index (κ2) is 7.66. The minimum Gasteiger partial charge on any atom is -0.370 e. The van der Waals surface area contributed by atoms with E-state index in [1.165, 1.54) is 6.20 Å². The molecule has 5 nitrogen and oxygen atoms in total. The van der Waals surface area contributed by atoms with E-state index in [0.29, 0.717) is 11.6 Å². The van der Waals surface area contributed by atoms with Crippen LogP contribution in [0.3, 0.4) is 0 Å². The Morgan fingerprint density at radius 1 is 1.12 bits per heavy atom. The van der Waals surface area contributed by atoms with E-state index in [9.17, 15) is 8.42 Å². The summed E-state index contributed by atoms with van der Waals surface area (Å²) >= 11 is 0. The van der Waals surface area contributed by atoms with Crippen LogP contribution in [0.4, 0.5) is 11.5 Å².